The number of anilines is 1. The Morgan fingerprint density at radius 1 is 1.26 bits per heavy atom. The molecule has 0 unspecified atom stereocenters. The van der Waals surface area contributed by atoms with Crippen LogP contribution in [0.2, 0.25) is 5.02 Å². The quantitative estimate of drug-likeness (QED) is 0.732. The van der Waals surface area contributed by atoms with Gasteiger partial charge in [-0.1, -0.05) is 11.6 Å². The van der Waals surface area contributed by atoms with Crippen molar-refractivity contribution in [2.45, 2.75) is 0 Å². The van der Waals surface area contributed by atoms with Crippen LogP contribution in [-0.4, -0.2) is 23.0 Å². The minimum atomic E-state index is -1.28. The zero-order valence-electron chi connectivity index (χ0n) is 9.31. The minimum absolute atomic E-state index is 0.390. The maximum Gasteiger partial charge on any atom is 0.328 e. The van der Waals surface area contributed by atoms with E-state index in [1.165, 1.54) is 6.07 Å². The Kier molecular flexibility index (Phi) is 5.53. The fourth-order valence-corrected chi connectivity index (χ4v) is 1.46. The van der Waals surface area contributed by atoms with Crippen LogP contribution in [0.1, 0.15) is 0 Å². The second-order valence-electron chi connectivity index (χ2n) is 3.24. The zero-order chi connectivity index (χ0) is 14.4. The first kappa shape index (κ1) is 15.2. The molecular weight excluding hydrogens is 339 g/mol. The number of aliphatic carboxylic acids is 1. The molecular formula is C11H8BrClN2O4. The van der Waals surface area contributed by atoms with Crippen molar-refractivity contribution >= 4 is 51.1 Å². The van der Waals surface area contributed by atoms with E-state index in [4.69, 9.17) is 16.7 Å². The summed E-state index contributed by atoms with van der Waals surface area (Å²) in [5, 5.41) is 13.0. The molecule has 3 amide bonds. The summed E-state index contributed by atoms with van der Waals surface area (Å²) in [7, 11) is 0. The molecule has 0 atom stereocenters. The molecule has 0 aromatic heterocycles. The Labute approximate surface area is 121 Å². The van der Waals surface area contributed by atoms with Crippen molar-refractivity contribution in [2.24, 2.45) is 0 Å². The van der Waals surface area contributed by atoms with E-state index in [-0.39, 0.29) is 0 Å². The molecule has 0 saturated carbocycles. The van der Waals surface area contributed by atoms with Crippen LogP contribution in [-0.2, 0) is 9.59 Å². The van der Waals surface area contributed by atoms with E-state index >= 15 is 0 Å². The van der Waals surface area contributed by atoms with E-state index < -0.39 is 17.9 Å². The standard InChI is InChI=1S/C11H8BrClN2O4/c12-7-2-1-6(5-8(7)13)14-11(19)15-9(16)3-4-10(17)18/h1-5H,(H,17,18)(H2,14,15,16,19)/b4-3+. The maximum absolute atomic E-state index is 11.4. The number of carbonyl (C=O) groups excluding carboxylic acids is 2. The highest BCUT2D eigenvalue weighted by Crippen LogP contribution is 2.25. The number of urea groups is 1. The minimum Gasteiger partial charge on any atom is -0.478 e. The summed E-state index contributed by atoms with van der Waals surface area (Å²) >= 11 is 9.02. The lowest BCUT2D eigenvalue weighted by Gasteiger charge is -2.06. The van der Waals surface area contributed by atoms with E-state index in [1.54, 1.807) is 12.1 Å². The van der Waals surface area contributed by atoms with Crippen LogP contribution in [0.5, 0.6) is 0 Å². The Hall–Kier alpha value is -1.86. The number of nitrogens with one attached hydrogen (secondary N) is 2. The van der Waals surface area contributed by atoms with E-state index in [0.29, 0.717) is 21.3 Å². The van der Waals surface area contributed by atoms with Gasteiger partial charge in [-0.05, 0) is 34.1 Å². The molecule has 1 aromatic rings. The number of halogens is 2. The van der Waals surface area contributed by atoms with E-state index in [9.17, 15) is 14.4 Å². The normalized spacial score (nSPS) is 10.2. The first-order chi connectivity index (χ1) is 8.88. The van der Waals surface area contributed by atoms with Gasteiger partial charge in [0, 0.05) is 22.3 Å². The lowest BCUT2D eigenvalue weighted by molar-refractivity contribution is -0.131. The molecule has 0 heterocycles. The van der Waals surface area contributed by atoms with Crippen LogP contribution in [0.3, 0.4) is 0 Å². The molecule has 100 valence electrons. The van der Waals surface area contributed by atoms with Crippen molar-refractivity contribution in [2.75, 3.05) is 5.32 Å². The fraction of sp³-hybridized carbons (Fsp3) is 0. The smallest absolute Gasteiger partial charge is 0.328 e. The van der Waals surface area contributed by atoms with E-state index in [1.807, 2.05) is 5.32 Å². The summed E-state index contributed by atoms with van der Waals surface area (Å²) in [4.78, 5) is 32.7. The molecule has 0 aliphatic rings. The molecule has 8 heteroatoms. The van der Waals surface area contributed by atoms with Crippen molar-refractivity contribution in [3.8, 4) is 0 Å². The molecule has 0 bridgehead atoms. The molecule has 0 fully saturated rings. The largest absolute Gasteiger partial charge is 0.478 e. The fourth-order valence-electron chi connectivity index (χ4n) is 1.04. The van der Waals surface area contributed by atoms with Gasteiger partial charge in [-0.3, -0.25) is 10.1 Å². The molecule has 6 nitrogen and oxygen atoms in total. The molecule has 0 radical (unpaired) electrons. The van der Waals surface area contributed by atoms with Crippen LogP contribution in [0.15, 0.2) is 34.8 Å². The van der Waals surface area contributed by atoms with Gasteiger partial charge in [0.1, 0.15) is 0 Å². The van der Waals surface area contributed by atoms with Gasteiger partial charge in [-0.15, -0.1) is 0 Å². The number of hydrogen-bond donors (Lipinski definition) is 3. The van der Waals surface area contributed by atoms with Gasteiger partial charge in [0.25, 0.3) is 5.91 Å². The lowest BCUT2D eigenvalue weighted by Crippen LogP contribution is -2.33. The van der Waals surface area contributed by atoms with Crippen molar-refractivity contribution < 1.29 is 19.5 Å². The highest BCUT2D eigenvalue weighted by molar-refractivity contribution is 9.10. The van der Waals surface area contributed by atoms with Gasteiger partial charge >= 0.3 is 12.0 Å². The first-order valence-electron chi connectivity index (χ1n) is 4.86. The second-order valence-corrected chi connectivity index (χ2v) is 4.51. The van der Waals surface area contributed by atoms with E-state index in [2.05, 4.69) is 21.2 Å². The van der Waals surface area contributed by atoms with Gasteiger partial charge in [0.05, 0.1) is 5.02 Å². The van der Waals surface area contributed by atoms with Crippen molar-refractivity contribution in [3.05, 3.63) is 39.8 Å². The predicted octanol–water partition coefficient (Wildman–Crippen LogP) is 2.39. The van der Waals surface area contributed by atoms with E-state index in [0.717, 1.165) is 6.08 Å². The van der Waals surface area contributed by atoms with Crippen LogP contribution >= 0.6 is 27.5 Å². The topological polar surface area (TPSA) is 95.5 Å². The summed E-state index contributed by atoms with van der Waals surface area (Å²) in [5.41, 5.74) is 0.390. The van der Waals surface area contributed by atoms with Crippen molar-refractivity contribution in [3.63, 3.8) is 0 Å². The van der Waals surface area contributed by atoms with Crippen LogP contribution in [0, 0.1) is 0 Å². The first-order valence-corrected chi connectivity index (χ1v) is 6.03. The highest BCUT2D eigenvalue weighted by Gasteiger charge is 2.06. The molecule has 0 saturated heterocycles. The SMILES string of the molecule is O=C(O)/C=C/C(=O)NC(=O)Nc1ccc(Br)c(Cl)c1. The van der Waals surface area contributed by atoms with Crippen molar-refractivity contribution in [1.82, 2.24) is 5.32 Å². The van der Waals surface area contributed by atoms with Gasteiger partial charge in [-0.2, -0.15) is 0 Å². The van der Waals surface area contributed by atoms with Gasteiger partial charge in [0.15, 0.2) is 0 Å². The average molecular weight is 348 g/mol. The zero-order valence-corrected chi connectivity index (χ0v) is 11.7. The number of carboxylic acids is 1. The third-order valence-corrected chi connectivity index (χ3v) is 3.02. The summed E-state index contributed by atoms with van der Waals surface area (Å²) < 4.78 is 0.667. The average Bonchev–Trinajstić information content (AvgIpc) is 2.31. The Bertz CT molecular complexity index is 560. The summed E-state index contributed by atoms with van der Waals surface area (Å²) in [5.74, 6) is -2.13. The van der Waals surface area contributed by atoms with Crippen LogP contribution in [0.4, 0.5) is 10.5 Å². The van der Waals surface area contributed by atoms with Crippen LogP contribution in [0.25, 0.3) is 0 Å². The number of hydrogen-bond acceptors (Lipinski definition) is 3. The molecule has 0 aliphatic carbocycles. The number of carboxylic acid groups (broad SMARTS) is 1. The number of rotatable bonds is 3. The number of imide groups is 1. The number of benzene rings is 1. The lowest BCUT2D eigenvalue weighted by atomic mass is 10.3. The van der Waals surface area contributed by atoms with Gasteiger partial charge in [-0.25, -0.2) is 9.59 Å². The third-order valence-electron chi connectivity index (χ3n) is 1.79. The Balaban J connectivity index is 2.58. The Morgan fingerprint density at radius 3 is 2.53 bits per heavy atom. The predicted molar refractivity (Wildman–Crippen MR) is 73.1 cm³/mol. The highest BCUT2D eigenvalue weighted by atomic mass is 79.9. The monoisotopic (exact) mass is 346 g/mol. The third kappa shape index (κ3) is 5.54. The summed E-state index contributed by atoms with van der Waals surface area (Å²) in [6.45, 7) is 0. The summed E-state index contributed by atoms with van der Waals surface area (Å²) in [6, 6.07) is 3.90. The maximum atomic E-state index is 11.4. The molecule has 3 N–H and O–H groups in total. The molecule has 0 spiro atoms. The number of amides is 3. The summed E-state index contributed by atoms with van der Waals surface area (Å²) in [6.07, 6.45) is 1.36. The molecule has 0 aliphatic heterocycles. The van der Waals surface area contributed by atoms with Gasteiger partial charge < -0.3 is 10.4 Å². The Morgan fingerprint density at radius 2 is 1.95 bits per heavy atom. The second kappa shape index (κ2) is 6.91. The number of carbonyl (C=O) groups is 3. The van der Waals surface area contributed by atoms with Gasteiger partial charge in [0.2, 0.25) is 0 Å². The molecule has 1 aromatic carbocycles. The molecule has 19 heavy (non-hydrogen) atoms. The van der Waals surface area contributed by atoms with Crippen LogP contribution < -0.4 is 10.6 Å². The molecule has 1 rings (SSSR count). The van der Waals surface area contributed by atoms with Crippen molar-refractivity contribution in [1.29, 1.82) is 0 Å².